The van der Waals surface area contributed by atoms with E-state index in [1.807, 2.05) is 25.8 Å². The summed E-state index contributed by atoms with van der Waals surface area (Å²) in [6.45, 7) is 3.86. The molecule has 0 aliphatic carbocycles. The van der Waals surface area contributed by atoms with E-state index in [9.17, 15) is 9.90 Å². The van der Waals surface area contributed by atoms with Gasteiger partial charge < -0.3 is 15.1 Å². The average molecular weight is 223 g/mol. The number of rotatable bonds is 4. The second-order valence-corrected chi connectivity index (χ2v) is 4.38. The van der Waals surface area contributed by atoms with Crippen LogP contribution in [0.4, 0.5) is 5.69 Å². The van der Waals surface area contributed by atoms with Crippen LogP contribution >= 0.6 is 0 Å². The Bertz CT molecular complexity index is 370. The Labute approximate surface area is 95.1 Å². The van der Waals surface area contributed by atoms with Gasteiger partial charge in [0.25, 0.3) is 0 Å². The molecule has 1 aromatic rings. The van der Waals surface area contributed by atoms with Crippen LogP contribution in [0.15, 0.2) is 24.3 Å². The van der Waals surface area contributed by atoms with Gasteiger partial charge in [-0.25, -0.2) is 4.79 Å². The molecule has 0 radical (unpaired) electrons. The Kier molecular flexibility index (Phi) is 3.55. The van der Waals surface area contributed by atoms with Gasteiger partial charge in [0.15, 0.2) is 0 Å². The van der Waals surface area contributed by atoms with Crippen LogP contribution in [0.25, 0.3) is 0 Å². The Morgan fingerprint density at radius 2 is 1.81 bits per heavy atom. The minimum Gasteiger partial charge on any atom is -0.478 e. The number of benzene rings is 1. The molecule has 88 valence electrons. The number of aliphatic hydroxyl groups is 1. The highest BCUT2D eigenvalue weighted by molar-refractivity contribution is 5.88. The lowest BCUT2D eigenvalue weighted by molar-refractivity contribution is 0.0697. The lowest BCUT2D eigenvalue weighted by Gasteiger charge is -2.35. The van der Waals surface area contributed by atoms with Crippen molar-refractivity contribution in [2.75, 3.05) is 18.6 Å². The first-order valence-electron chi connectivity index (χ1n) is 5.06. The first-order valence-corrected chi connectivity index (χ1v) is 5.06. The summed E-state index contributed by atoms with van der Waals surface area (Å²) in [7, 11) is 1.87. The van der Waals surface area contributed by atoms with E-state index in [4.69, 9.17) is 5.11 Å². The monoisotopic (exact) mass is 223 g/mol. The van der Waals surface area contributed by atoms with E-state index in [0.717, 1.165) is 5.69 Å². The fourth-order valence-electron chi connectivity index (χ4n) is 1.28. The molecule has 4 heteroatoms. The molecule has 0 unspecified atom stereocenters. The predicted molar refractivity (Wildman–Crippen MR) is 63.0 cm³/mol. The van der Waals surface area contributed by atoms with Gasteiger partial charge in [0.1, 0.15) is 0 Å². The zero-order valence-electron chi connectivity index (χ0n) is 9.77. The Balaban J connectivity index is 2.94. The number of carboxylic acids is 1. The maximum Gasteiger partial charge on any atom is 0.335 e. The van der Waals surface area contributed by atoms with Crippen molar-refractivity contribution in [3.05, 3.63) is 29.8 Å². The highest BCUT2D eigenvalue weighted by atomic mass is 16.4. The van der Waals surface area contributed by atoms with E-state index in [1.54, 1.807) is 24.3 Å². The van der Waals surface area contributed by atoms with E-state index >= 15 is 0 Å². The normalized spacial score (nSPS) is 11.2. The van der Waals surface area contributed by atoms with Crippen LogP contribution in [-0.4, -0.2) is 35.4 Å². The maximum atomic E-state index is 10.7. The van der Waals surface area contributed by atoms with Crippen molar-refractivity contribution in [1.82, 2.24) is 0 Å². The van der Waals surface area contributed by atoms with Crippen LogP contribution in [0.5, 0.6) is 0 Å². The number of hydrogen-bond acceptors (Lipinski definition) is 3. The lowest BCUT2D eigenvalue weighted by Crippen LogP contribution is -2.44. The van der Waals surface area contributed by atoms with Gasteiger partial charge in [-0.1, -0.05) is 0 Å². The molecule has 2 N–H and O–H groups in total. The van der Waals surface area contributed by atoms with Crippen molar-refractivity contribution in [3.8, 4) is 0 Å². The molecule has 0 aromatic heterocycles. The van der Waals surface area contributed by atoms with Crippen LogP contribution in [0, 0.1) is 0 Å². The second-order valence-electron chi connectivity index (χ2n) is 4.38. The minimum absolute atomic E-state index is 0.0319. The van der Waals surface area contributed by atoms with Gasteiger partial charge in [-0.3, -0.25) is 0 Å². The van der Waals surface area contributed by atoms with E-state index in [2.05, 4.69) is 0 Å². The standard InChI is InChI=1S/C12H17NO3/c1-12(2,8-14)13(3)10-6-4-9(5-7-10)11(15)16/h4-7,14H,8H2,1-3H3,(H,15,16). The van der Waals surface area contributed by atoms with Gasteiger partial charge in [-0.05, 0) is 38.1 Å². The van der Waals surface area contributed by atoms with Crippen molar-refractivity contribution in [3.63, 3.8) is 0 Å². The third-order valence-electron chi connectivity index (χ3n) is 2.80. The summed E-state index contributed by atoms with van der Waals surface area (Å²) < 4.78 is 0. The summed E-state index contributed by atoms with van der Waals surface area (Å²) in [6.07, 6.45) is 0. The van der Waals surface area contributed by atoms with Crippen LogP contribution in [-0.2, 0) is 0 Å². The van der Waals surface area contributed by atoms with E-state index in [0.29, 0.717) is 0 Å². The Morgan fingerprint density at radius 3 is 2.19 bits per heavy atom. The molecular weight excluding hydrogens is 206 g/mol. The van der Waals surface area contributed by atoms with Crippen molar-refractivity contribution >= 4 is 11.7 Å². The number of anilines is 1. The second kappa shape index (κ2) is 4.53. The average Bonchev–Trinajstić information content (AvgIpc) is 2.28. The number of carboxylic acid groups (broad SMARTS) is 1. The molecule has 4 nitrogen and oxygen atoms in total. The minimum atomic E-state index is -0.935. The first-order chi connectivity index (χ1) is 7.38. The molecule has 0 bridgehead atoms. The molecule has 16 heavy (non-hydrogen) atoms. The fraction of sp³-hybridized carbons (Fsp3) is 0.417. The summed E-state index contributed by atoms with van der Waals surface area (Å²) in [5.74, 6) is -0.935. The van der Waals surface area contributed by atoms with Gasteiger partial charge in [0.2, 0.25) is 0 Å². The molecule has 0 saturated carbocycles. The molecule has 0 fully saturated rings. The van der Waals surface area contributed by atoms with Gasteiger partial charge in [0, 0.05) is 12.7 Å². The predicted octanol–water partition coefficient (Wildman–Crippen LogP) is 1.59. The number of aliphatic hydroxyl groups excluding tert-OH is 1. The molecular formula is C12H17NO3. The van der Waals surface area contributed by atoms with Gasteiger partial charge in [-0.2, -0.15) is 0 Å². The first kappa shape index (κ1) is 12.5. The van der Waals surface area contributed by atoms with Crippen molar-refractivity contribution in [1.29, 1.82) is 0 Å². The largest absolute Gasteiger partial charge is 0.478 e. The summed E-state index contributed by atoms with van der Waals surface area (Å²) in [5.41, 5.74) is 0.771. The van der Waals surface area contributed by atoms with E-state index in [1.165, 1.54) is 0 Å². The zero-order chi connectivity index (χ0) is 12.3. The molecule has 0 heterocycles. The van der Waals surface area contributed by atoms with E-state index in [-0.39, 0.29) is 17.7 Å². The number of nitrogens with zero attached hydrogens (tertiary/aromatic N) is 1. The molecule has 1 aromatic carbocycles. The Hall–Kier alpha value is -1.55. The van der Waals surface area contributed by atoms with Gasteiger partial charge >= 0.3 is 5.97 Å². The maximum absolute atomic E-state index is 10.7. The van der Waals surface area contributed by atoms with Crippen LogP contribution in [0.3, 0.4) is 0 Å². The molecule has 0 aliphatic rings. The number of hydrogen-bond donors (Lipinski definition) is 2. The van der Waals surface area contributed by atoms with Crippen LogP contribution < -0.4 is 4.90 Å². The van der Waals surface area contributed by atoms with Crippen molar-refractivity contribution < 1.29 is 15.0 Å². The number of likely N-dealkylation sites (N-methyl/N-ethyl adjacent to an activating group) is 1. The fourth-order valence-corrected chi connectivity index (χ4v) is 1.28. The summed E-state index contributed by atoms with van der Waals surface area (Å²) in [4.78, 5) is 12.6. The van der Waals surface area contributed by atoms with Crippen LogP contribution in [0.1, 0.15) is 24.2 Å². The molecule has 0 saturated heterocycles. The highest BCUT2D eigenvalue weighted by Crippen LogP contribution is 2.22. The third-order valence-corrected chi connectivity index (χ3v) is 2.80. The SMILES string of the molecule is CN(c1ccc(C(=O)O)cc1)C(C)(C)CO. The Morgan fingerprint density at radius 1 is 1.31 bits per heavy atom. The summed E-state index contributed by atoms with van der Waals surface area (Å²) >= 11 is 0. The summed E-state index contributed by atoms with van der Waals surface area (Å²) in [5, 5.41) is 18.0. The summed E-state index contributed by atoms with van der Waals surface area (Å²) in [6, 6.07) is 6.59. The quantitative estimate of drug-likeness (QED) is 0.813. The molecule has 1 rings (SSSR count). The third kappa shape index (κ3) is 2.52. The van der Waals surface area contributed by atoms with Crippen molar-refractivity contribution in [2.45, 2.75) is 19.4 Å². The highest BCUT2D eigenvalue weighted by Gasteiger charge is 2.22. The van der Waals surface area contributed by atoms with Gasteiger partial charge in [0.05, 0.1) is 17.7 Å². The topological polar surface area (TPSA) is 60.8 Å². The van der Waals surface area contributed by atoms with E-state index < -0.39 is 5.97 Å². The van der Waals surface area contributed by atoms with Gasteiger partial charge in [-0.15, -0.1) is 0 Å². The number of aromatic carboxylic acids is 1. The number of carbonyl (C=O) groups is 1. The molecule has 0 amide bonds. The molecule has 0 spiro atoms. The molecule has 0 aliphatic heterocycles. The zero-order valence-corrected chi connectivity index (χ0v) is 9.77. The molecule has 0 atom stereocenters. The smallest absolute Gasteiger partial charge is 0.335 e. The van der Waals surface area contributed by atoms with Crippen molar-refractivity contribution in [2.24, 2.45) is 0 Å². The lowest BCUT2D eigenvalue weighted by atomic mass is 10.0. The van der Waals surface area contributed by atoms with Crippen LogP contribution in [0.2, 0.25) is 0 Å².